The third-order valence-electron chi connectivity index (χ3n) is 3.72. The molecule has 19 heavy (non-hydrogen) atoms. The summed E-state index contributed by atoms with van der Waals surface area (Å²) >= 11 is 0. The van der Waals surface area contributed by atoms with Crippen LogP contribution in [0.1, 0.15) is 39.5 Å². The second kappa shape index (κ2) is 6.78. The van der Waals surface area contributed by atoms with Crippen molar-refractivity contribution in [3.8, 4) is 0 Å². The van der Waals surface area contributed by atoms with Crippen molar-refractivity contribution in [2.45, 2.75) is 39.5 Å². The highest BCUT2D eigenvalue weighted by atomic mass is 16.2. The van der Waals surface area contributed by atoms with Gasteiger partial charge in [-0.1, -0.05) is 20.3 Å². The number of carbonyl (C=O) groups is 2. The number of amides is 3. The lowest BCUT2D eigenvalue weighted by atomic mass is 9.64. The molecule has 0 aromatic carbocycles. The van der Waals surface area contributed by atoms with Gasteiger partial charge in [0.2, 0.25) is 5.91 Å². The highest BCUT2D eigenvalue weighted by Gasteiger charge is 2.37. The molecule has 1 rings (SSSR count). The molecule has 110 valence electrons. The normalized spacial score (nSPS) is 16.7. The summed E-state index contributed by atoms with van der Waals surface area (Å²) in [6, 6.07) is -0.240. The fraction of sp³-hybridized carbons (Fsp3) is 0.857. The molecule has 0 unspecified atom stereocenters. The first-order valence-corrected chi connectivity index (χ1v) is 7.06. The van der Waals surface area contributed by atoms with Crippen LogP contribution in [0.2, 0.25) is 0 Å². The molecule has 1 fully saturated rings. The van der Waals surface area contributed by atoms with Crippen LogP contribution in [0.3, 0.4) is 0 Å². The van der Waals surface area contributed by atoms with Crippen molar-refractivity contribution in [3.05, 3.63) is 0 Å². The number of carbonyl (C=O) groups excluding carboxylic acids is 2. The monoisotopic (exact) mass is 269 g/mol. The second-order valence-corrected chi connectivity index (χ2v) is 6.28. The van der Waals surface area contributed by atoms with E-state index in [9.17, 15) is 9.59 Å². The molecule has 0 bridgehead atoms. The van der Waals surface area contributed by atoms with E-state index in [1.165, 1.54) is 24.2 Å². The summed E-state index contributed by atoms with van der Waals surface area (Å²) in [5, 5.41) is 5.52. The number of hydrogen-bond acceptors (Lipinski definition) is 2. The van der Waals surface area contributed by atoms with Crippen molar-refractivity contribution < 1.29 is 9.59 Å². The van der Waals surface area contributed by atoms with Crippen LogP contribution >= 0.6 is 0 Å². The van der Waals surface area contributed by atoms with Crippen molar-refractivity contribution in [2.75, 3.05) is 27.2 Å². The topological polar surface area (TPSA) is 61.4 Å². The lowest BCUT2D eigenvalue weighted by molar-refractivity contribution is -0.121. The number of nitrogens with one attached hydrogen (secondary N) is 2. The molecule has 3 amide bonds. The number of rotatable bonds is 6. The molecular formula is C14H27N3O2. The zero-order valence-electron chi connectivity index (χ0n) is 12.6. The standard InChI is InChI=1S/C14H27N3O2/c1-11(2)8-14(6-5-7-14)10-16-12(18)9-15-13(19)17(3)4/h11H,5-10H2,1-4H3,(H,15,19)(H,16,18). The van der Waals surface area contributed by atoms with Gasteiger partial charge in [-0.15, -0.1) is 0 Å². The van der Waals surface area contributed by atoms with Crippen LogP contribution in [0, 0.1) is 11.3 Å². The van der Waals surface area contributed by atoms with Gasteiger partial charge in [0.15, 0.2) is 0 Å². The maximum atomic E-state index is 11.7. The molecule has 0 radical (unpaired) electrons. The van der Waals surface area contributed by atoms with Crippen LogP contribution in [0.5, 0.6) is 0 Å². The van der Waals surface area contributed by atoms with E-state index in [2.05, 4.69) is 24.5 Å². The van der Waals surface area contributed by atoms with Gasteiger partial charge in [-0.05, 0) is 30.6 Å². The summed E-state index contributed by atoms with van der Waals surface area (Å²) in [6.45, 7) is 5.23. The fourth-order valence-corrected chi connectivity index (χ4v) is 2.66. The van der Waals surface area contributed by atoms with Crippen molar-refractivity contribution in [3.63, 3.8) is 0 Å². The number of nitrogens with zero attached hydrogens (tertiary/aromatic N) is 1. The van der Waals surface area contributed by atoms with Crippen molar-refractivity contribution >= 4 is 11.9 Å². The first-order valence-electron chi connectivity index (χ1n) is 7.06. The number of hydrogen-bond donors (Lipinski definition) is 2. The zero-order valence-corrected chi connectivity index (χ0v) is 12.6. The SMILES string of the molecule is CC(C)CC1(CNC(=O)CNC(=O)N(C)C)CCC1. The number of urea groups is 1. The molecule has 2 N–H and O–H groups in total. The maximum absolute atomic E-state index is 11.7. The van der Waals surface area contributed by atoms with E-state index in [0.29, 0.717) is 11.3 Å². The molecule has 0 aromatic rings. The molecule has 0 aliphatic heterocycles. The molecule has 0 saturated heterocycles. The largest absolute Gasteiger partial charge is 0.354 e. The minimum atomic E-state index is -0.240. The van der Waals surface area contributed by atoms with Gasteiger partial charge in [-0.2, -0.15) is 0 Å². The van der Waals surface area contributed by atoms with Crippen molar-refractivity contribution in [2.24, 2.45) is 11.3 Å². The van der Waals surface area contributed by atoms with Crippen molar-refractivity contribution in [1.82, 2.24) is 15.5 Å². The van der Waals surface area contributed by atoms with Gasteiger partial charge in [0.1, 0.15) is 0 Å². The summed E-state index contributed by atoms with van der Waals surface area (Å²) in [4.78, 5) is 24.4. The van der Waals surface area contributed by atoms with Gasteiger partial charge in [0, 0.05) is 20.6 Å². The smallest absolute Gasteiger partial charge is 0.317 e. The summed E-state index contributed by atoms with van der Waals surface area (Å²) < 4.78 is 0. The van der Waals surface area contributed by atoms with Gasteiger partial charge in [0.05, 0.1) is 6.54 Å². The van der Waals surface area contributed by atoms with Crippen LogP contribution in [0.4, 0.5) is 4.79 Å². The predicted octanol–water partition coefficient (Wildman–Crippen LogP) is 1.59. The Morgan fingerprint density at radius 1 is 1.21 bits per heavy atom. The Kier molecular flexibility index (Phi) is 5.63. The first kappa shape index (κ1) is 15.8. The van der Waals surface area contributed by atoms with Crippen LogP contribution in [-0.4, -0.2) is 44.0 Å². The Bertz CT molecular complexity index is 323. The van der Waals surface area contributed by atoms with E-state index in [1.807, 2.05) is 0 Å². The van der Waals surface area contributed by atoms with E-state index in [-0.39, 0.29) is 18.5 Å². The Balaban J connectivity index is 2.27. The Hall–Kier alpha value is -1.26. The van der Waals surface area contributed by atoms with Crippen LogP contribution < -0.4 is 10.6 Å². The zero-order chi connectivity index (χ0) is 14.5. The fourth-order valence-electron chi connectivity index (χ4n) is 2.66. The molecule has 0 spiro atoms. The summed E-state index contributed by atoms with van der Waals surface area (Å²) in [7, 11) is 3.30. The summed E-state index contributed by atoms with van der Waals surface area (Å²) in [5.41, 5.74) is 0.301. The highest BCUT2D eigenvalue weighted by molar-refractivity contribution is 5.83. The van der Waals surface area contributed by atoms with E-state index in [1.54, 1.807) is 14.1 Å². The predicted molar refractivity (Wildman–Crippen MR) is 75.8 cm³/mol. The summed E-state index contributed by atoms with van der Waals surface area (Å²) in [6.07, 6.45) is 4.84. The third kappa shape index (κ3) is 5.09. The van der Waals surface area contributed by atoms with Gasteiger partial charge in [0.25, 0.3) is 0 Å². The molecule has 0 atom stereocenters. The Morgan fingerprint density at radius 3 is 2.26 bits per heavy atom. The molecule has 5 heteroatoms. The maximum Gasteiger partial charge on any atom is 0.317 e. The lowest BCUT2D eigenvalue weighted by Crippen LogP contribution is -2.47. The molecular weight excluding hydrogens is 242 g/mol. The van der Waals surface area contributed by atoms with Crippen LogP contribution in [0.25, 0.3) is 0 Å². The quantitative estimate of drug-likeness (QED) is 0.769. The van der Waals surface area contributed by atoms with E-state index < -0.39 is 0 Å². The van der Waals surface area contributed by atoms with Gasteiger partial charge < -0.3 is 15.5 Å². The average molecular weight is 269 g/mol. The average Bonchev–Trinajstić information content (AvgIpc) is 2.28. The van der Waals surface area contributed by atoms with Gasteiger partial charge in [-0.3, -0.25) is 4.79 Å². The second-order valence-electron chi connectivity index (χ2n) is 6.28. The summed E-state index contributed by atoms with van der Waals surface area (Å²) in [5.74, 6) is 0.552. The Morgan fingerprint density at radius 2 is 1.84 bits per heavy atom. The van der Waals surface area contributed by atoms with Crippen molar-refractivity contribution in [1.29, 1.82) is 0 Å². The molecule has 1 aliphatic rings. The molecule has 0 aromatic heterocycles. The lowest BCUT2D eigenvalue weighted by Gasteiger charge is -2.43. The highest BCUT2D eigenvalue weighted by Crippen LogP contribution is 2.45. The van der Waals surface area contributed by atoms with E-state index in [4.69, 9.17) is 0 Å². The van der Waals surface area contributed by atoms with Crippen LogP contribution in [0.15, 0.2) is 0 Å². The minimum absolute atomic E-state index is 0.0504. The Labute approximate surface area is 116 Å². The molecule has 0 heterocycles. The van der Waals surface area contributed by atoms with E-state index >= 15 is 0 Å². The molecule has 1 aliphatic carbocycles. The van der Waals surface area contributed by atoms with Crippen LogP contribution in [-0.2, 0) is 4.79 Å². The first-order chi connectivity index (χ1) is 8.84. The van der Waals surface area contributed by atoms with E-state index in [0.717, 1.165) is 13.0 Å². The molecule has 5 nitrogen and oxygen atoms in total. The molecule has 1 saturated carbocycles. The minimum Gasteiger partial charge on any atom is -0.354 e. The van der Waals surface area contributed by atoms with Gasteiger partial charge >= 0.3 is 6.03 Å². The van der Waals surface area contributed by atoms with Gasteiger partial charge in [-0.25, -0.2) is 4.79 Å². The third-order valence-corrected chi connectivity index (χ3v) is 3.72.